The van der Waals surface area contributed by atoms with E-state index in [-0.39, 0.29) is 24.4 Å². The fourth-order valence-corrected chi connectivity index (χ4v) is 4.88. The first-order valence-electron chi connectivity index (χ1n) is 10.7. The van der Waals surface area contributed by atoms with E-state index >= 15 is 0 Å². The monoisotopic (exact) mass is 494 g/mol. The number of aliphatic hydroxyl groups excluding tert-OH is 1. The highest BCUT2D eigenvalue weighted by Crippen LogP contribution is 2.38. The summed E-state index contributed by atoms with van der Waals surface area (Å²) >= 11 is 3.55. The second-order valence-corrected chi connectivity index (χ2v) is 9.31. The van der Waals surface area contributed by atoms with Crippen LogP contribution in [-0.2, 0) is 16.8 Å². The van der Waals surface area contributed by atoms with E-state index in [1.54, 1.807) is 0 Å². The van der Waals surface area contributed by atoms with Crippen molar-refractivity contribution in [2.75, 3.05) is 6.54 Å². The minimum atomic E-state index is -0.929. The predicted molar refractivity (Wildman–Crippen MR) is 121 cm³/mol. The van der Waals surface area contributed by atoms with Crippen LogP contribution in [0.3, 0.4) is 0 Å². The Kier molecular flexibility index (Phi) is 8.19. The number of rotatable bonds is 8. The fourth-order valence-electron chi connectivity index (χ4n) is 4.48. The van der Waals surface area contributed by atoms with Crippen LogP contribution in [0, 0.1) is 11.6 Å². The van der Waals surface area contributed by atoms with Crippen LogP contribution in [0.4, 0.5) is 8.78 Å². The molecule has 0 spiro atoms. The molecule has 7 heteroatoms. The first-order valence-corrected chi connectivity index (χ1v) is 11.5. The third kappa shape index (κ3) is 6.57. The van der Waals surface area contributed by atoms with Gasteiger partial charge in [-0.2, -0.15) is 0 Å². The van der Waals surface area contributed by atoms with Gasteiger partial charge in [-0.25, -0.2) is 8.78 Å². The molecule has 2 aromatic rings. The molecule has 1 amide bonds. The summed E-state index contributed by atoms with van der Waals surface area (Å²) in [4.78, 5) is 11.7. The molecule has 0 aliphatic heterocycles. The largest absolute Gasteiger partial charge is 0.390 e. The van der Waals surface area contributed by atoms with Crippen molar-refractivity contribution in [2.45, 2.75) is 63.1 Å². The fraction of sp³-hybridized carbons (Fsp3) is 0.458. The van der Waals surface area contributed by atoms with Gasteiger partial charge in [0.2, 0.25) is 5.91 Å². The van der Waals surface area contributed by atoms with Gasteiger partial charge >= 0.3 is 0 Å². The summed E-state index contributed by atoms with van der Waals surface area (Å²) in [5, 5.41) is 17.2. The average Bonchev–Trinajstić information content (AvgIpc) is 2.71. The Labute approximate surface area is 190 Å². The Morgan fingerprint density at radius 3 is 2.42 bits per heavy atom. The van der Waals surface area contributed by atoms with Crippen LogP contribution in [0.1, 0.15) is 50.2 Å². The van der Waals surface area contributed by atoms with Gasteiger partial charge in [0.15, 0.2) is 0 Å². The molecule has 168 valence electrons. The first-order chi connectivity index (χ1) is 14.8. The van der Waals surface area contributed by atoms with Gasteiger partial charge in [-0.1, -0.05) is 47.3 Å². The topological polar surface area (TPSA) is 61.4 Å². The smallest absolute Gasteiger partial charge is 0.217 e. The summed E-state index contributed by atoms with van der Waals surface area (Å²) < 4.78 is 28.2. The minimum absolute atomic E-state index is 0.126. The van der Waals surface area contributed by atoms with Gasteiger partial charge in [-0.3, -0.25) is 4.79 Å². The molecule has 2 atom stereocenters. The third-order valence-corrected chi connectivity index (χ3v) is 6.46. The molecule has 1 fully saturated rings. The molecule has 0 heterocycles. The summed E-state index contributed by atoms with van der Waals surface area (Å²) in [7, 11) is 0. The quantitative estimate of drug-likeness (QED) is 0.503. The van der Waals surface area contributed by atoms with E-state index in [0.717, 1.165) is 41.8 Å². The number of hydrogen-bond acceptors (Lipinski definition) is 3. The number of benzene rings is 2. The van der Waals surface area contributed by atoms with E-state index in [4.69, 9.17) is 0 Å². The molecule has 3 N–H and O–H groups in total. The van der Waals surface area contributed by atoms with Crippen LogP contribution >= 0.6 is 15.9 Å². The maximum Gasteiger partial charge on any atom is 0.217 e. The zero-order valence-corrected chi connectivity index (χ0v) is 19.2. The summed E-state index contributed by atoms with van der Waals surface area (Å²) in [6.45, 7) is 1.61. The second kappa shape index (κ2) is 10.7. The Bertz CT molecular complexity index is 883. The van der Waals surface area contributed by atoms with E-state index in [0.29, 0.717) is 5.56 Å². The average molecular weight is 495 g/mol. The highest BCUT2D eigenvalue weighted by atomic mass is 79.9. The van der Waals surface area contributed by atoms with Crippen LogP contribution in [-0.4, -0.2) is 29.7 Å². The lowest BCUT2D eigenvalue weighted by Gasteiger charge is -2.40. The Balaban J connectivity index is 1.76. The second-order valence-electron chi connectivity index (χ2n) is 8.39. The van der Waals surface area contributed by atoms with Crippen LogP contribution in [0.15, 0.2) is 46.9 Å². The minimum Gasteiger partial charge on any atom is -0.390 e. The van der Waals surface area contributed by atoms with E-state index in [1.165, 1.54) is 25.5 Å². The molecule has 0 saturated heterocycles. The van der Waals surface area contributed by atoms with Crippen molar-refractivity contribution in [1.29, 1.82) is 0 Å². The van der Waals surface area contributed by atoms with Gasteiger partial charge in [-0.05, 0) is 54.7 Å². The molecule has 0 radical (unpaired) electrons. The lowest BCUT2D eigenvalue weighted by Crippen LogP contribution is -2.53. The summed E-state index contributed by atoms with van der Waals surface area (Å²) in [5.74, 6) is -1.67. The van der Waals surface area contributed by atoms with Crippen molar-refractivity contribution in [1.82, 2.24) is 10.6 Å². The maximum absolute atomic E-state index is 13.6. The summed E-state index contributed by atoms with van der Waals surface area (Å²) in [5.41, 5.74) is 1.29. The zero-order valence-electron chi connectivity index (χ0n) is 17.6. The molecule has 3 rings (SSSR count). The molecule has 2 aromatic carbocycles. The number of halogens is 3. The molecule has 1 aliphatic carbocycles. The molecular formula is C24H29BrF2N2O2. The first kappa shape index (κ1) is 23.8. The molecule has 0 aromatic heterocycles. The lowest BCUT2D eigenvalue weighted by molar-refractivity contribution is -0.120. The normalized spacial score (nSPS) is 17.7. The molecule has 0 bridgehead atoms. The number of hydrogen-bond donors (Lipinski definition) is 3. The van der Waals surface area contributed by atoms with Gasteiger partial charge < -0.3 is 15.7 Å². The number of nitrogens with one attached hydrogen (secondary N) is 2. The molecule has 1 saturated carbocycles. The van der Waals surface area contributed by atoms with Crippen molar-refractivity contribution in [2.24, 2.45) is 0 Å². The Hall–Kier alpha value is -1.83. The van der Waals surface area contributed by atoms with Gasteiger partial charge in [0, 0.05) is 29.5 Å². The third-order valence-electron chi connectivity index (χ3n) is 5.96. The lowest BCUT2D eigenvalue weighted by atomic mass is 9.76. The number of carbonyl (C=O) groups is 1. The zero-order chi connectivity index (χ0) is 22.4. The van der Waals surface area contributed by atoms with E-state index in [2.05, 4.69) is 38.7 Å². The maximum atomic E-state index is 13.6. The predicted octanol–water partition coefficient (Wildman–Crippen LogP) is 4.58. The van der Waals surface area contributed by atoms with Crippen LogP contribution in [0.2, 0.25) is 0 Å². The van der Waals surface area contributed by atoms with Crippen molar-refractivity contribution in [3.8, 4) is 0 Å². The van der Waals surface area contributed by atoms with E-state index < -0.39 is 23.8 Å². The van der Waals surface area contributed by atoms with Crippen molar-refractivity contribution < 1.29 is 18.7 Å². The highest BCUT2D eigenvalue weighted by molar-refractivity contribution is 9.10. The Morgan fingerprint density at radius 2 is 1.81 bits per heavy atom. The standard InChI is InChI=1S/C24H29BrF2N2O2/c1-16(30)29-22(12-17-10-20(26)14-21(27)11-17)23(31)15-28-24(8-3-2-4-9-24)18-6-5-7-19(25)13-18/h5-7,10-11,13-14,22-23,28,31H,2-4,8-9,12,15H2,1H3,(H,29,30)/t22-,23+/m0/s1. The number of carbonyl (C=O) groups excluding carboxylic acids is 1. The van der Waals surface area contributed by atoms with Crippen LogP contribution in [0.25, 0.3) is 0 Å². The van der Waals surface area contributed by atoms with Gasteiger partial charge in [0.1, 0.15) is 11.6 Å². The van der Waals surface area contributed by atoms with Crippen LogP contribution in [0.5, 0.6) is 0 Å². The van der Waals surface area contributed by atoms with Crippen LogP contribution < -0.4 is 10.6 Å². The van der Waals surface area contributed by atoms with Gasteiger partial charge in [-0.15, -0.1) is 0 Å². The Morgan fingerprint density at radius 1 is 1.13 bits per heavy atom. The molecule has 31 heavy (non-hydrogen) atoms. The number of amides is 1. The van der Waals surface area contributed by atoms with Crippen molar-refractivity contribution >= 4 is 21.8 Å². The summed E-state index contributed by atoms with van der Waals surface area (Å²) in [6.07, 6.45) is 4.47. The highest BCUT2D eigenvalue weighted by Gasteiger charge is 2.35. The molecule has 1 aliphatic rings. The molecule has 0 unspecified atom stereocenters. The van der Waals surface area contributed by atoms with E-state index in [1.807, 2.05) is 12.1 Å². The van der Waals surface area contributed by atoms with Crippen molar-refractivity contribution in [3.05, 3.63) is 69.7 Å². The van der Waals surface area contributed by atoms with Gasteiger partial charge in [0.05, 0.1) is 12.1 Å². The number of aliphatic hydroxyl groups is 1. The van der Waals surface area contributed by atoms with E-state index in [9.17, 15) is 18.7 Å². The summed E-state index contributed by atoms with van der Waals surface area (Å²) in [6, 6.07) is 10.8. The molecular weight excluding hydrogens is 466 g/mol. The SMILES string of the molecule is CC(=O)N[C@@H](Cc1cc(F)cc(F)c1)[C@H](O)CNC1(c2cccc(Br)c2)CCCCC1. The van der Waals surface area contributed by atoms with Gasteiger partial charge in [0.25, 0.3) is 0 Å². The van der Waals surface area contributed by atoms with Crippen molar-refractivity contribution in [3.63, 3.8) is 0 Å². The molecule has 4 nitrogen and oxygen atoms in total.